The molecule has 0 fully saturated rings. The van der Waals surface area contributed by atoms with Crippen molar-refractivity contribution in [3.63, 3.8) is 0 Å². The van der Waals surface area contributed by atoms with E-state index in [0.29, 0.717) is 28.8 Å². The fourth-order valence-corrected chi connectivity index (χ4v) is 2.01. The second-order valence-electron chi connectivity index (χ2n) is 4.16. The quantitative estimate of drug-likeness (QED) is 0.859. The molecule has 0 radical (unpaired) electrons. The number of benzene rings is 1. The third kappa shape index (κ3) is 3.05. The van der Waals surface area contributed by atoms with Crippen LogP contribution in [0.2, 0.25) is 5.15 Å². The maximum absolute atomic E-state index is 11.4. The molecule has 0 bridgehead atoms. The van der Waals surface area contributed by atoms with E-state index in [1.807, 2.05) is 6.92 Å². The molecule has 0 spiro atoms. The number of ether oxygens (including phenoxy) is 1. The number of nitrogens with zero attached hydrogens (tertiary/aromatic N) is 2. The van der Waals surface area contributed by atoms with Crippen molar-refractivity contribution in [1.29, 1.82) is 0 Å². The van der Waals surface area contributed by atoms with Crippen LogP contribution in [0, 0.1) is 0 Å². The van der Waals surface area contributed by atoms with E-state index in [-0.39, 0.29) is 0 Å². The number of carbonyl (C=O) groups excluding carboxylic acids is 1. The first-order chi connectivity index (χ1) is 9.63. The molecule has 0 saturated carbocycles. The number of aromatic nitrogens is 2. The van der Waals surface area contributed by atoms with E-state index in [4.69, 9.17) is 22.1 Å². The SMILES string of the molecule is CCCc1c(Cl)ncnc1Oc1ccccc1C(N)=O. The highest BCUT2D eigenvalue weighted by Crippen LogP contribution is 2.29. The van der Waals surface area contributed by atoms with Gasteiger partial charge in [0.1, 0.15) is 17.2 Å². The number of rotatable bonds is 5. The van der Waals surface area contributed by atoms with Crippen molar-refractivity contribution in [3.8, 4) is 11.6 Å². The maximum atomic E-state index is 11.4. The van der Waals surface area contributed by atoms with Crippen LogP contribution in [-0.4, -0.2) is 15.9 Å². The summed E-state index contributed by atoms with van der Waals surface area (Å²) in [6, 6.07) is 6.72. The van der Waals surface area contributed by atoms with Gasteiger partial charge in [-0.1, -0.05) is 37.1 Å². The summed E-state index contributed by atoms with van der Waals surface area (Å²) < 4.78 is 5.70. The molecule has 5 nitrogen and oxygen atoms in total. The van der Waals surface area contributed by atoms with Crippen LogP contribution >= 0.6 is 11.6 Å². The molecule has 0 unspecified atom stereocenters. The number of para-hydroxylation sites is 1. The minimum Gasteiger partial charge on any atom is -0.438 e. The molecule has 0 atom stereocenters. The number of nitrogens with two attached hydrogens (primary N) is 1. The Morgan fingerprint density at radius 3 is 2.80 bits per heavy atom. The molecule has 1 aromatic heterocycles. The summed E-state index contributed by atoms with van der Waals surface area (Å²) in [6.45, 7) is 2.02. The van der Waals surface area contributed by atoms with Crippen molar-refractivity contribution in [2.24, 2.45) is 5.73 Å². The van der Waals surface area contributed by atoms with Gasteiger partial charge in [-0.25, -0.2) is 9.97 Å². The Morgan fingerprint density at radius 2 is 2.10 bits per heavy atom. The van der Waals surface area contributed by atoms with E-state index in [0.717, 1.165) is 12.0 Å². The second-order valence-corrected chi connectivity index (χ2v) is 4.52. The van der Waals surface area contributed by atoms with Crippen molar-refractivity contribution < 1.29 is 9.53 Å². The van der Waals surface area contributed by atoms with Gasteiger partial charge < -0.3 is 10.5 Å². The van der Waals surface area contributed by atoms with Gasteiger partial charge in [0.2, 0.25) is 5.88 Å². The third-order valence-corrected chi connectivity index (χ3v) is 3.04. The van der Waals surface area contributed by atoms with Crippen molar-refractivity contribution in [2.45, 2.75) is 19.8 Å². The van der Waals surface area contributed by atoms with Crippen LogP contribution in [0.1, 0.15) is 29.3 Å². The smallest absolute Gasteiger partial charge is 0.252 e. The van der Waals surface area contributed by atoms with E-state index in [1.165, 1.54) is 6.33 Å². The van der Waals surface area contributed by atoms with Gasteiger partial charge in [0, 0.05) is 0 Å². The molecule has 2 N–H and O–H groups in total. The second kappa shape index (κ2) is 6.34. The van der Waals surface area contributed by atoms with Gasteiger partial charge in [0.25, 0.3) is 5.91 Å². The van der Waals surface area contributed by atoms with Crippen LogP contribution in [0.4, 0.5) is 0 Å². The first kappa shape index (κ1) is 14.3. The standard InChI is InChI=1S/C14H14ClN3O2/c1-2-5-10-12(15)17-8-18-14(10)20-11-7-4-3-6-9(11)13(16)19/h3-4,6-8H,2,5H2,1H3,(H2,16,19). The van der Waals surface area contributed by atoms with Gasteiger partial charge in [-0.2, -0.15) is 0 Å². The molecule has 0 aliphatic carbocycles. The van der Waals surface area contributed by atoms with E-state index in [2.05, 4.69) is 9.97 Å². The number of hydrogen-bond donors (Lipinski definition) is 1. The molecule has 104 valence electrons. The summed E-state index contributed by atoms with van der Waals surface area (Å²) in [5.41, 5.74) is 6.33. The molecule has 2 aromatic rings. The molecule has 20 heavy (non-hydrogen) atoms. The minimum atomic E-state index is -0.558. The monoisotopic (exact) mass is 291 g/mol. The molecule has 0 saturated heterocycles. The summed E-state index contributed by atoms with van der Waals surface area (Å²) in [4.78, 5) is 19.4. The topological polar surface area (TPSA) is 78.1 Å². The fraction of sp³-hybridized carbons (Fsp3) is 0.214. The van der Waals surface area contributed by atoms with Crippen molar-refractivity contribution in [1.82, 2.24) is 9.97 Å². The first-order valence-corrected chi connectivity index (χ1v) is 6.57. The van der Waals surface area contributed by atoms with Gasteiger partial charge in [-0.3, -0.25) is 4.79 Å². The molecule has 1 aromatic carbocycles. The van der Waals surface area contributed by atoms with Crippen LogP contribution in [0.25, 0.3) is 0 Å². The average Bonchev–Trinajstić information content (AvgIpc) is 2.43. The predicted molar refractivity (Wildman–Crippen MR) is 76.1 cm³/mol. The van der Waals surface area contributed by atoms with Gasteiger partial charge in [0.15, 0.2) is 0 Å². The lowest BCUT2D eigenvalue weighted by Crippen LogP contribution is -2.12. The summed E-state index contributed by atoms with van der Waals surface area (Å²) in [5, 5.41) is 0.355. The zero-order chi connectivity index (χ0) is 14.5. The Labute approximate surface area is 121 Å². The Balaban J connectivity index is 2.40. The zero-order valence-electron chi connectivity index (χ0n) is 11.0. The van der Waals surface area contributed by atoms with Gasteiger partial charge >= 0.3 is 0 Å². The highest BCUT2D eigenvalue weighted by molar-refractivity contribution is 6.30. The maximum Gasteiger partial charge on any atom is 0.252 e. The molecular weight excluding hydrogens is 278 g/mol. The van der Waals surface area contributed by atoms with Crippen molar-refractivity contribution in [2.75, 3.05) is 0 Å². The number of hydrogen-bond acceptors (Lipinski definition) is 4. The lowest BCUT2D eigenvalue weighted by molar-refractivity contribution is 0.0998. The fourth-order valence-electron chi connectivity index (χ4n) is 1.79. The summed E-state index contributed by atoms with van der Waals surface area (Å²) in [7, 11) is 0. The number of primary amides is 1. The third-order valence-electron chi connectivity index (χ3n) is 2.71. The molecular formula is C14H14ClN3O2. The van der Waals surface area contributed by atoms with Crippen molar-refractivity contribution in [3.05, 3.63) is 46.9 Å². The van der Waals surface area contributed by atoms with Crippen molar-refractivity contribution >= 4 is 17.5 Å². The molecule has 1 heterocycles. The molecule has 0 aliphatic heterocycles. The molecule has 6 heteroatoms. The van der Waals surface area contributed by atoms with Crippen LogP contribution in [0.3, 0.4) is 0 Å². The molecule has 1 amide bonds. The number of amides is 1. The van der Waals surface area contributed by atoms with Gasteiger partial charge in [-0.05, 0) is 18.6 Å². The normalized spacial score (nSPS) is 10.3. The zero-order valence-corrected chi connectivity index (χ0v) is 11.7. The number of carbonyl (C=O) groups is 1. The predicted octanol–water partition coefficient (Wildman–Crippen LogP) is 2.97. The Bertz CT molecular complexity index is 632. The van der Waals surface area contributed by atoms with E-state index in [1.54, 1.807) is 24.3 Å². The summed E-state index contributed by atoms with van der Waals surface area (Å²) in [5.74, 6) is 0.144. The van der Waals surface area contributed by atoms with Gasteiger partial charge in [-0.15, -0.1) is 0 Å². The summed E-state index contributed by atoms with van der Waals surface area (Å²) >= 11 is 6.05. The summed E-state index contributed by atoms with van der Waals surface area (Å²) in [6.07, 6.45) is 2.89. The molecule has 0 aliphatic rings. The van der Waals surface area contributed by atoms with E-state index >= 15 is 0 Å². The molecule has 2 rings (SSSR count). The van der Waals surface area contributed by atoms with E-state index in [9.17, 15) is 4.79 Å². The highest BCUT2D eigenvalue weighted by atomic mass is 35.5. The Kier molecular flexibility index (Phi) is 4.53. The lowest BCUT2D eigenvalue weighted by Gasteiger charge is -2.12. The highest BCUT2D eigenvalue weighted by Gasteiger charge is 2.14. The van der Waals surface area contributed by atoms with Crippen LogP contribution in [0.15, 0.2) is 30.6 Å². The first-order valence-electron chi connectivity index (χ1n) is 6.19. The largest absolute Gasteiger partial charge is 0.438 e. The van der Waals surface area contributed by atoms with Crippen LogP contribution in [-0.2, 0) is 6.42 Å². The lowest BCUT2D eigenvalue weighted by atomic mass is 10.2. The van der Waals surface area contributed by atoms with E-state index < -0.39 is 5.91 Å². The number of halogens is 1. The Morgan fingerprint density at radius 1 is 1.35 bits per heavy atom. The Hall–Kier alpha value is -2.14. The van der Waals surface area contributed by atoms with Crippen LogP contribution in [0.5, 0.6) is 11.6 Å². The minimum absolute atomic E-state index is 0.296. The van der Waals surface area contributed by atoms with Crippen LogP contribution < -0.4 is 10.5 Å². The average molecular weight is 292 g/mol. The van der Waals surface area contributed by atoms with Gasteiger partial charge in [0.05, 0.1) is 11.1 Å².